The molecule has 0 amide bonds. The van der Waals surface area contributed by atoms with Crippen LogP contribution in [0.1, 0.15) is 52.7 Å². The molecule has 3 heterocycles. The van der Waals surface area contributed by atoms with Gasteiger partial charge in [-0.1, -0.05) is 41.5 Å². The van der Waals surface area contributed by atoms with Gasteiger partial charge in [0.1, 0.15) is 12.7 Å². The van der Waals surface area contributed by atoms with Crippen LogP contribution in [-0.2, 0) is 21.6 Å². The number of ether oxygens (including phenoxy) is 2. The molecule has 5 nitrogen and oxygen atoms in total. The lowest BCUT2D eigenvalue weighted by Gasteiger charge is -2.27. The maximum absolute atomic E-state index is 12.9. The van der Waals surface area contributed by atoms with E-state index >= 15 is 0 Å². The Morgan fingerprint density at radius 1 is 1.04 bits per heavy atom. The highest BCUT2D eigenvalue weighted by atomic mass is 32.2. The summed E-state index contributed by atoms with van der Waals surface area (Å²) in [7, 11) is -1.21. The molecule has 6 heteroatoms. The zero-order valence-corrected chi connectivity index (χ0v) is 17.7. The van der Waals surface area contributed by atoms with E-state index in [0.29, 0.717) is 24.0 Å². The van der Waals surface area contributed by atoms with Crippen LogP contribution in [-0.4, -0.2) is 32.6 Å². The Balaban J connectivity index is 1.74. The molecule has 2 aromatic rings. The Morgan fingerprint density at radius 3 is 2.37 bits per heavy atom. The van der Waals surface area contributed by atoms with Gasteiger partial charge in [-0.15, -0.1) is 0 Å². The van der Waals surface area contributed by atoms with Gasteiger partial charge < -0.3 is 9.47 Å². The lowest BCUT2D eigenvalue weighted by Crippen LogP contribution is -2.34. The van der Waals surface area contributed by atoms with Gasteiger partial charge >= 0.3 is 0 Å². The van der Waals surface area contributed by atoms with Gasteiger partial charge in [-0.3, -0.25) is 9.19 Å². The van der Waals surface area contributed by atoms with Gasteiger partial charge in [-0.05, 0) is 34.1 Å². The summed E-state index contributed by atoms with van der Waals surface area (Å²) < 4.78 is 24.6. The molecule has 0 N–H and O–H groups in total. The van der Waals surface area contributed by atoms with E-state index in [2.05, 4.69) is 51.5 Å². The smallest absolute Gasteiger partial charge is 0.257 e. The van der Waals surface area contributed by atoms with Crippen LogP contribution >= 0.6 is 0 Å². The third-order valence-electron chi connectivity index (χ3n) is 4.56. The molecule has 0 aliphatic carbocycles. The fourth-order valence-corrected chi connectivity index (χ4v) is 3.85. The van der Waals surface area contributed by atoms with Crippen molar-refractivity contribution in [1.29, 1.82) is 0 Å². The quantitative estimate of drug-likeness (QED) is 0.795. The predicted octanol–water partition coefficient (Wildman–Crippen LogP) is 4.02. The summed E-state index contributed by atoms with van der Waals surface area (Å²) in [6.45, 7) is 13.1. The molecule has 0 aromatic carbocycles. The van der Waals surface area contributed by atoms with Crippen LogP contribution in [0.3, 0.4) is 0 Å². The fourth-order valence-electron chi connectivity index (χ4n) is 2.72. The fraction of sp³-hybridized carbons (Fsp3) is 0.524. The van der Waals surface area contributed by atoms with Crippen molar-refractivity contribution >= 4 is 10.8 Å². The van der Waals surface area contributed by atoms with Crippen molar-refractivity contribution in [2.24, 2.45) is 0 Å². The Labute approximate surface area is 164 Å². The van der Waals surface area contributed by atoms with E-state index < -0.39 is 10.8 Å². The Kier molecular flexibility index (Phi) is 5.30. The first-order chi connectivity index (χ1) is 12.5. The summed E-state index contributed by atoms with van der Waals surface area (Å²) in [6, 6.07) is 3.94. The molecule has 146 valence electrons. The van der Waals surface area contributed by atoms with Crippen LogP contribution in [0, 0.1) is 0 Å². The average Bonchev–Trinajstić information content (AvgIpc) is 2.59. The molecule has 27 heavy (non-hydrogen) atoms. The summed E-state index contributed by atoms with van der Waals surface area (Å²) in [5, 5.41) is 0. The van der Waals surface area contributed by atoms with Crippen LogP contribution in [0.4, 0.5) is 0 Å². The molecule has 3 rings (SSSR count). The van der Waals surface area contributed by atoms with E-state index in [4.69, 9.17) is 9.47 Å². The molecule has 0 saturated heterocycles. The van der Waals surface area contributed by atoms with Gasteiger partial charge in [0.2, 0.25) is 0 Å². The zero-order valence-electron chi connectivity index (χ0n) is 16.9. The molecule has 0 radical (unpaired) electrons. The first kappa shape index (κ1) is 19.8. The number of hydrogen-bond acceptors (Lipinski definition) is 5. The first-order valence-corrected chi connectivity index (χ1v) is 10.5. The summed E-state index contributed by atoms with van der Waals surface area (Å²) in [5.41, 5.74) is 2.08. The lowest BCUT2D eigenvalue weighted by atomic mass is 9.88. The van der Waals surface area contributed by atoms with Crippen molar-refractivity contribution in [2.45, 2.75) is 63.4 Å². The lowest BCUT2D eigenvalue weighted by molar-refractivity contribution is 0.101. The number of rotatable bonds is 3. The first-order valence-electron chi connectivity index (χ1n) is 9.18. The van der Waals surface area contributed by atoms with E-state index in [1.807, 2.05) is 24.5 Å². The SMILES string of the molecule is CC(C)(C)c1cncc(S(=O)CC2COc3ncc(C(C)(C)C)cc3O2)c1. The normalized spacial score (nSPS) is 18.2. The molecule has 0 fully saturated rings. The van der Waals surface area contributed by atoms with Gasteiger partial charge in [-0.25, -0.2) is 4.98 Å². The average molecular weight is 389 g/mol. The Hall–Kier alpha value is -1.95. The predicted molar refractivity (Wildman–Crippen MR) is 107 cm³/mol. The highest BCUT2D eigenvalue weighted by Gasteiger charge is 2.27. The minimum Gasteiger partial charge on any atom is -0.480 e. The molecule has 0 bridgehead atoms. The molecule has 0 saturated carbocycles. The second-order valence-electron chi connectivity index (χ2n) is 9.00. The van der Waals surface area contributed by atoms with Gasteiger partial charge in [-0.2, -0.15) is 0 Å². The molecule has 2 aromatic heterocycles. The Morgan fingerprint density at radius 2 is 1.70 bits per heavy atom. The number of hydrogen-bond donors (Lipinski definition) is 0. The second-order valence-corrected chi connectivity index (χ2v) is 10.5. The number of nitrogens with zero attached hydrogens (tertiary/aromatic N) is 2. The zero-order chi connectivity index (χ0) is 19.8. The van der Waals surface area contributed by atoms with Crippen molar-refractivity contribution < 1.29 is 13.7 Å². The maximum atomic E-state index is 12.9. The molecule has 0 spiro atoms. The van der Waals surface area contributed by atoms with Crippen molar-refractivity contribution in [3.05, 3.63) is 41.9 Å². The van der Waals surface area contributed by atoms with E-state index in [-0.39, 0.29) is 16.9 Å². The molecule has 1 aliphatic heterocycles. The monoisotopic (exact) mass is 388 g/mol. The van der Waals surface area contributed by atoms with Crippen LogP contribution in [0.5, 0.6) is 11.6 Å². The molecule has 2 atom stereocenters. The summed E-state index contributed by atoms with van der Waals surface area (Å²) >= 11 is 0. The van der Waals surface area contributed by atoms with Crippen molar-refractivity contribution in [3.8, 4) is 11.6 Å². The molecular weight excluding hydrogens is 360 g/mol. The highest BCUT2D eigenvalue weighted by molar-refractivity contribution is 7.85. The van der Waals surface area contributed by atoms with Crippen LogP contribution in [0.15, 0.2) is 35.6 Å². The van der Waals surface area contributed by atoms with Crippen molar-refractivity contribution in [1.82, 2.24) is 9.97 Å². The molecule has 2 unspecified atom stereocenters. The van der Waals surface area contributed by atoms with Crippen molar-refractivity contribution in [3.63, 3.8) is 0 Å². The second kappa shape index (κ2) is 7.23. The van der Waals surface area contributed by atoms with Crippen LogP contribution in [0.25, 0.3) is 0 Å². The van der Waals surface area contributed by atoms with E-state index in [1.54, 1.807) is 6.20 Å². The summed E-state index contributed by atoms with van der Waals surface area (Å²) in [5.74, 6) is 1.48. The Bertz CT molecular complexity index is 853. The number of fused-ring (bicyclic) bond motifs is 1. The highest BCUT2D eigenvalue weighted by Crippen LogP contribution is 2.34. The van der Waals surface area contributed by atoms with Gasteiger partial charge in [0.05, 0.1) is 21.4 Å². The standard InChI is InChI=1S/C21H28N2O3S/c1-20(2,3)14-7-17(11-22-9-14)27(24)13-16-12-25-19-18(26-16)8-15(10-23-19)21(4,5)6/h7-11,16H,12-13H2,1-6H3. The van der Waals surface area contributed by atoms with Gasteiger partial charge in [0, 0.05) is 18.6 Å². The third-order valence-corrected chi connectivity index (χ3v) is 5.99. The number of aromatic nitrogens is 2. The minimum atomic E-state index is -1.21. The van der Waals surface area contributed by atoms with Crippen LogP contribution in [0.2, 0.25) is 0 Å². The minimum absolute atomic E-state index is 0.0276. The number of pyridine rings is 2. The van der Waals surface area contributed by atoms with E-state index in [9.17, 15) is 4.21 Å². The summed E-state index contributed by atoms with van der Waals surface area (Å²) in [4.78, 5) is 9.35. The van der Waals surface area contributed by atoms with E-state index in [1.165, 1.54) is 0 Å². The molecule has 1 aliphatic rings. The topological polar surface area (TPSA) is 61.3 Å². The maximum Gasteiger partial charge on any atom is 0.257 e. The summed E-state index contributed by atoms with van der Waals surface area (Å²) in [6.07, 6.45) is 5.04. The van der Waals surface area contributed by atoms with Gasteiger partial charge in [0.15, 0.2) is 5.75 Å². The molecular formula is C21H28N2O3S. The third kappa shape index (κ3) is 4.67. The largest absolute Gasteiger partial charge is 0.480 e. The van der Waals surface area contributed by atoms with Gasteiger partial charge in [0.25, 0.3) is 5.88 Å². The van der Waals surface area contributed by atoms with Crippen LogP contribution < -0.4 is 9.47 Å². The van der Waals surface area contributed by atoms with Crippen molar-refractivity contribution in [2.75, 3.05) is 12.4 Å². The van der Waals surface area contributed by atoms with E-state index in [0.717, 1.165) is 16.0 Å².